The topological polar surface area (TPSA) is 96.8 Å². The van der Waals surface area contributed by atoms with Gasteiger partial charge in [-0.25, -0.2) is 13.2 Å². The van der Waals surface area contributed by atoms with E-state index < -0.39 is 21.4 Å². The molecular weight excluding hydrogens is 280 g/mol. The van der Waals surface area contributed by atoms with Crippen LogP contribution in [0.5, 0.6) is 0 Å². The van der Waals surface area contributed by atoms with Gasteiger partial charge in [0.1, 0.15) is 5.60 Å². The SMILES string of the molecule is CC(C)(C)OC(=O)C(=[N+]=[N-])c1ccc(S(C)(=O)=O)cc1. The van der Waals surface area contributed by atoms with E-state index in [4.69, 9.17) is 10.3 Å². The van der Waals surface area contributed by atoms with E-state index >= 15 is 0 Å². The summed E-state index contributed by atoms with van der Waals surface area (Å²) in [6.45, 7) is 5.06. The monoisotopic (exact) mass is 296 g/mol. The molecule has 0 N–H and O–H groups in total. The summed E-state index contributed by atoms with van der Waals surface area (Å²) >= 11 is 0. The predicted octanol–water partition coefficient (Wildman–Crippen LogP) is 1.45. The third-order valence-electron chi connectivity index (χ3n) is 2.25. The van der Waals surface area contributed by atoms with Crippen LogP contribution in [0.3, 0.4) is 0 Å². The Kier molecular flexibility index (Phi) is 4.47. The molecule has 0 aliphatic heterocycles. The standard InChI is InChI=1S/C13H16N2O4S/c1-13(2,3)19-12(16)11(15-14)9-5-7-10(8-6-9)20(4,17)18/h5-8H,1-4H3. The lowest BCUT2D eigenvalue weighted by atomic mass is 10.1. The van der Waals surface area contributed by atoms with Gasteiger partial charge in [-0.15, -0.1) is 0 Å². The molecule has 0 unspecified atom stereocenters. The summed E-state index contributed by atoms with van der Waals surface area (Å²) in [5, 5.41) is 0. The third-order valence-corrected chi connectivity index (χ3v) is 3.38. The summed E-state index contributed by atoms with van der Waals surface area (Å²) in [5.41, 5.74) is 8.22. The highest BCUT2D eigenvalue weighted by Crippen LogP contribution is 2.13. The van der Waals surface area contributed by atoms with Gasteiger partial charge in [-0.2, -0.15) is 4.79 Å². The molecule has 1 rings (SSSR count). The van der Waals surface area contributed by atoms with Gasteiger partial charge in [0.15, 0.2) is 9.84 Å². The highest BCUT2D eigenvalue weighted by atomic mass is 32.2. The second kappa shape index (κ2) is 5.56. The number of benzene rings is 1. The van der Waals surface area contributed by atoms with E-state index in [0.717, 1.165) is 6.26 Å². The van der Waals surface area contributed by atoms with Gasteiger partial charge in [-0.1, -0.05) is 0 Å². The van der Waals surface area contributed by atoms with Crippen molar-refractivity contribution in [1.82, 2.24) is 0 Å². The maximum Gasteiger partial charge on any atom is 0.422 e. The fourth-order valence-electron chi connectivity index (χ4n) is 1.40. The lowest BCUT2D eigenvalue weighted by molar-refractivity contribution is -0.150. The molecule has 0 aromatic heterocycles. The fourth-order valence-corrected chi connectivity index (χ4v) is 2.03. The average molecular weight is 296 g/mol. The highest BCUT2D eigenvalue weighted by molar-refractivity contribution is 7.90. The molecule has 6 nitrogen and oxygen atoms in total. The van der Waals surface area contributed by atoms with Gasteiger partial charge in [0.25, 0.3) is 0 Å². The Labute approximate surface area is 117 Å². The summed E-state index contributed by atoms with van der Waals surface area (Å²) in [7, 11) is -3.32. The van der Waals surface area contributed by atoms with Crippen LogP contribution < -0.4 is 0 Å². The fraction of sp³-hybridized carbons (Fsp3) is 0.385. The minimum atomic E-state index is -3.32. The van der Waals surface area contributed by atoms with Gasteiger partial charge < -0.3 is 10.3 Å². The van der Waals surface area contributed by atoms with E-state index in [9.17, 15) is 13.2 Å². The van der Waals surface area contributed by atoms with Gasteiger partial charge >= 0.3 is 11.7 Å². The van der Waals surface area contributed by atoms with Gasteiger partial charge in [-0.3, -0.25) is 0 Å². The molecular formula is C13H16N2O4S. The summed E-state index contributed by atoms with van der Waals surface area (Å²) in [6.07, 6.45) is 1.08. The molecule has 0 fully saturated rings. The number of hydrogen-bond donors (Lipinski definition) is 0. The minimum Gasteiger partial charge on any atom is -0.451 e. The third kappa shape index (κ3) is 4.29. The molecule has 0 saturated carbocycles. The van der Waals surface area contributed by atoms with E-state index in [1.165, 1.54) is 24.3 Å². The minimum absolute atomic E-state index is 0.114. The molecule has 0 spiro atoms. The van der Waals surface area contributed by atoms with Crippen LogP contribution in [0.4, 0.5) is 0 Å². The molecule has 0 radical (unpaired) electrons. The van der Waals surface area contributed by atoms with E-state index in [-0.39, 0.29) is 16.2 Å². The van der Waals surface area contributed by atoms with Crippen LogP contribution in [0.1, 0.15) is 26.3 Å². The molecule has 1 aromatic carbocycles. The lowest BCUT2D eigenvalue weighted by Crippen LogP contribution is -2.30. The first kappa shape index (κ1) is 16.1. The summed E-state index contributed by atoms with van der Waals surface area (Å²) in [4.78, 5) is 14.9. The van der Waals surface area contributed by atoms with Crippen molar-refractivity contribution < 1.29 is 22.7 Å². The molecule has 0 aliphatic rings. The van der Waals surface area contributed by atoms with Crippen molar-refractivity contribution in [1.29, 1.82) is 0 Å². The number of carbonyl (C=O) groups is 1. The van der Waals surface area contributed by atoms with E-state index in [2.05, 4.69) is 4.79 Å². The Morgan fingerprint density at radius 3 is 2.05 bits per heavy atom. The zero-order valence-corrected chi connectivity index (χ0v) is 12.6. The van der Waals surface area contributed by atoms with Gasteiger partial charge in [0.2, 0.25) is 0 Å². The lowest BCUT2D eigenvalue weighted by Gasteiger charge is -2.17. The Morgan fingerprint density at radius 1 is 1.20 bits per heavy atom. The van der Waals surface area contributed by atoms with E-state index in [0.29, 0.717) is 0 Å². The van der Waals surface area contributed by atoms with Crippen LogP contribution in [0.2, 0.25) is 0 Å². The first-order chi connectivity index (χ1) is 9.04. The molecule has 0 bridgehead atoms. The zero-order chi connectivity index (χ0) is 15.6. The number of esters is 1. The molecule has 20 heavy (non-hydrogen) atoms. The Balaban J connectivity index is 3.10. The van der Waals surface area contributed by atoms with Gasteiger partial charge in [-0.05, 0) is 45.0 Å². The number of rotatable bonds is 3. The van der Waals surface area contributed by atoms with Crippen LogP contribution in [0, 0.1) is 0 Å². The smallest absolute Gasteiger partial charge is 0.422 e. The van der Waals surface area contributed by atoms with Crippen molar-refractivity contribution in [3.63, 3.8) is 0 Å². The van der Waals surface area contributed by atoms with E-state index in [1.807, 2.05) is 0 Å². The molecule has 1 aromatic rings. The molecule has 0 amide bonds. The summed E-state index contributed by atoms with van der Waals surface area (Å²) in [6, 6.07) is 5.44. The van der Waals surface area contributed by atoms with Crippen molar-refractivity contribution in [3.05, 3.63) is 35.4 Å². The molecule has 0 atom stereocenters. The molecule has 0 heterocycles. The number of nitrogens with zero attached hydrogens (tertiary/aromatic N) is 2. The highest BCUT2D eigenvalue weighted by Gasteiger charge is 2.29. The van der Waals surface area contributed by atoms with Crippen molar-refractivity contribution in [2.45, 2.75) is 31.3 Å². The molecule has 0 aliphatic carbocycles. The number of ether oxygens (including phenoxy) is 1. The van der Waals surface area contributed by atoms with Crippen LogP contribution in [-0.4, -0.2) is 36.7 Å². The normalized spacial score (nSPS) is 11.6. The van der Waals surface area contributed by atoms with Crippen molar-refractivity contribution >= 4 is 21.5 Å². The van der Waals surface area contributed by atoms with Gasteiger partial charge in [0.05, 0.1) is 10.5 Å². The quantitative estimate of drug-likeness (QED) is 0.365. The molecule has 7 heteroatoms. The van der Waals surface area contributed by atoms with E-state index in [1.54, 1.807) is 20.8 Å². The predicted molar refractivity (Wildman–Crippen MR) is 73.1 cm³/mol. The Hall–Kier alpha value is -1.98. The second-order valence-corrected chi connectivity index (χ2v) is 7.26. The summed E-state index contributed by atoms with van der Waals surface area (Å²) in [5.74, 6) is -0.785. The molecule has 0 saturated heterocycles. The number of sulfone groups is 1. The zero-order valence-electron chi connectivity index (χ0n) is 11.7. The average Bonchev–Trinajstić information content (AvgIpc) is 2.27. The first-order valence-electron chi connectivity index (χ1n) is 5.80. The van der Waals surface area contributed by atoms with Crippen LogP contribution in [0.15, 0.2) is 29.2 Å². The summed E-state index contributed by atoms with van der Waals surface area (Å²) < 4.78 is 27.8. The Morgan fingerprint density at radius 2 is 1.70 bits per heavy atom. The van der Waals surface area contributed by atoms with Crippen molar-refractivity contribution in [2.75, 3.05) is 6.26 Å². The maximum atomic E-state index is 11.8. The second-order valence-electron chi connectivity index (χ2n) is 5.25. The van der Waals surface area contributed by atoms with Crippen LogP contribution in [-0.2, 0) is 19.4 Å². The maximum absolute atomic E-state index is 11.8. The first-order valence-corrected chi connectivity index (χ1v) is 7.69. The molecule has 108 valence electrons. The number of hydrogen-bond acceptors (Lipinski definition) is 4. The Bertz CT molecular complexity index is 663. The van der Waals surface area contributed by atoms with Crippen molar-refractivity contribution in [3.8, 4) is 0 Å². The largest absolute Gasteiger partial charge is 0.451 e. The van der Waals surface area contributed by atoms with Gasteiger partial charge in [0, 0.05) is 6.26 Å². The van der Waals surface area contributed by atoms with Crippen LogP contribution >= 0.6 is 0 Å². The number of carbonyl (C=O) groups excluding carboxylic acids is 1. The van der Waals surface area contributed by atoms with Crippen LogP contribution in [0.25, 0.3) is 5.53 Å². The van der Waals surface area contributed by atoms with Crippen molar-refractivity contribution in [2.24, 2.45) is 0 Å².